The Hall–Kier alpha value is -0.360. The number of hydrogen-bond donors (Lipinski definition) is 2. The largest absolute Gasteiger partial charge is 0.425 e. The van der Waals surface area contributed by atoms with Gasteiger partial charge in [-0.1, -0.05) is 52.9 Å². The van der Waals surface area contributed by atoms with Gasteiger partial charge in [-0.2, -0.15) is 25.3 Å². The maximum Gasteiger partial charge on any atom is 0.309 e. The molecule has 2 atom stereocenters. The molecule has 2 unspecified atom stereocenters. The molecule has 0 spiro atoms. The van der Waals surface area contributed by atoms with Crippen LogP contribution < -0.4 is 0 Å². The van der Waals surface area contributed by atoms with Gasteiger partial charge >= 0.3 is 11.9 Å². The molecule has 0 radical (unpaired) electrons. The van der Waals surface area contributed by atoms with E-state index in [9.17, 15) is 9.59 Å². The Morgan fingerprint density at radius 1 is 0.760 bits per heavy atom. The van der Waals surface area contributed by atoms with Gasteiger partial charge in [0.15, 0.2) is 0 Å². The van der Waals surface area contributed by atoms with E-state index in [1.807, 2.05) is 13.8 Å². The highest BCUT2D eigenvalue weighted by Crippen LogP contribution is 2.16. The first-order valence-electron chi connectivity index (χ1n) is 9.67. The van der Waals surface area contributed by atoms with Crippen LogP contribution in [0.3, 0.4) is 0 Å². The van der Waals surface area contributed by atoms with Gasteiger partial charge in [0.25, 0.3) is 0 Å². The summed E-state index contributed by atoms with van der Waals surface area (Å²) >= 11 is 8.64. The first-order chi connectivity index (χ1) is 11.9. The number of carbonyl (C=O) groups excluding carboxylic acids is 2. The molecule has 0 rings (SSSR count). The molecule has 0 heterocycles. The van der Waals surface area contributed by atoms with Crippen molar-refractivity contribution in [1.29, 1.82) is 0 Å². The smallest absolute Gasteiger partial charge is 0.309 e. The van der Waals surface area contributed by atoms with Crippen LogP contribution in [0.25, 0.3) is 0 Å². The monoisotopic (exact) mass is 392 g/mol. The van der Waals surface area contributed by atoms with Gasteiger partial charge in [0.1, 0.15) is 0 Å². The van der Waals surface area contributed by atoms with E-state index < -0.39 is 6.29 Å². The van der Waals surface area contributed by atoms with E-state index in [4.69, 9.17) is 9.47 Å². The third kappa shape index (κ3) is 14.5. The zero-order chi connectivity index (χ0) is 19.1. The summed E-state index contributed by atoms with van der Waals surface area (Å²) in [6.07, 6.45) is 8.57. The number of thiol groups is 2. The number of esters is 2. The van der Waals surface area contributed by atoms with Crippen LogP contribution in [0.2, 0.25) is 0 Å². The summed E-state index contributed by atoms with van der Waals surface area (Å²) in [6.45, 7) is 6.12. The van der Waals surface area contributed by atoms with Gasteiger partial charge in [0.2, 0.25) is 6.29 Å². The number of carbonyl (C=O) groups is 2. The van der Waals surface area contributed by atoms with E-state index in [1.165, 1.54) is 19.3 Å². The summed E-state index contributed by atoms with van der Waals surface area (Å²) in [5.41, 5.74) is 0. The zero-order valence-corrected chi connectivity index (χ0v) is 17.8. The molecule has 0 aromatic carbocycles. The van der Waals surface area contributed by atoms with Crippen LogP contribution in [0.5, 0.6) is 0 Å². The van der Waals surface area contributed by atoms with Crippen molar-refractivity contribution in [3.05, 3.63) is 0 Å². The molecule has 0 fully saturated rings. The Bertz CT molecular complexity index is 337. The second kappa shape index (κ2) is 15.9. The SMILES string of the molecule is CCCCCCCCC(OC(=O)CC(S)CC)OC(=O)CC(S)CC. The van der Waals surface area contributed by atoms with Crippen LogP contribution in [-0.4, -0.2) is 28.7 Å². The minimum Gasteiger partial charge on any atom is -0.425 e. The lowest BCUT2D eigenvalue weighted by atomic mass is 10.1. The normalized spacial score (nSPS) is 14.6. The summed E-state index contributed by atoms with van der Waals surface area (Å²) in [7, 11) is 0. The Kier molecular flexibility index (Phi) is 15.6. The average molecular weight is 393 g/mol. The molecule has 148 valence electrons. The third-order valence-corrected chi connectivity index (χ3v) is 5.16. The molecule has 0 N–H and O–H groups in total. The van der Waals surface area contributed by atoms with Gasteiger partial charge in [-0.15, -0.1) is 0 Å². The minimum atomic E-state index is -0.791. The molecule has 0 aromatic heterocycles. The molecule has 0 aliphatic rings. The van der Waals surface area contributed by atoms with Crippen LogP contribution in [-0.2, 0) is 19.1 Å². The van der Waals surface area contributed by atoms with E-state index in [1.54, 1.807) is 0 Å². The van der Waals surface area contributed by atoms with Crippen molar-refractivity contribution >= 4 is 37.2 Å². The standard InChI is InChI=1S/C19H36O4S2/c1-4-7-8-9-10-11-12-19(22-17(20)13-15(24)5-2)23-18(21)14-16(25)6-3/h15-16,19,24-25H,4-14H2,1-3H3. The molecule has 0 aliphatic carbocycles. The van der Waals surface area contributed by atoms with E-state index in [0.29, 0.717) is 6.42 Å². The topological polar surface area (TPSA) is 52.6 Å². The molecule has 0 aliphatic heterocycles. The molecular weight excluding hydrogens is 356 g/mol. The van der Waals surface area contributed by atoms with Crippen molar-refractivity contribution < 1.29 is 19.1 Å². The molecular formula is C19H36O4S2. The first-order valence-corrected chi connectivity index (χ1v) is 10.7. The molecule has 4 nitrogen and oxygen atoms in total. The Labute approximate surface area is 164 Å². The van der Waals surface area contributed by atoms with Crippen molar-refractivity contribution in [3.63, 3.8) is 0 Å². The quantitative estimate of drug-likeness (QED) is 0.171. The average Bonchev–Trinajstić information content (AvgIpc) is 2.57. The molecule has 0 bridgehead atoms. The predicted octanol–water partition coefficient (Wildman–Crippen LogP) is 5.35. The van der Waals surface area contributed by atoms with E-state index in [2.05, 4.69) is 32.2 Å². The van der Waals surface area contributed by atoms with Crippen molar-refractivity contribution in [3.8, 4) is 0 Å². The lowest BCUT2D eigenvalue weighted by Crippen LogP contribution is -2.27. The van der Waals surface area contributed by atoms with Crippen LogP contribution in [0, 0.1) is 0 Å². The predicted molar refractivity (Wildman–Crippen MR) is 109 cm³/mol. The van der Waals surface area contributed by atoms with Gasteiger partial charge < -0.3 is 9.47 Å². The van der Waals surface area contributed by atoms with Crippen LogP contribution in [0.15, 0.2) is 0 Å². The molecule has 0 saturated heterocycles. The fourth-order valence-electron chi connectivity index (χ4n) is 2.30. The van der Waals surface area contributed by atoms with Gasteiger partial charge in [-0.05, 0) is 19.3 Å². The summed E-state index contributed by atoms with van der Waals surface area (Å²) in [6, 6.07) is 0. The maximum absolute atomic E-state index is 12.0. The highest BCUT2D eigenvalue weighted by atomic mass is 32.1. The van der Waals surface area contributed by atoms with Crippen molar-refractivity contribution in [2.45, 2.75) is 108 Å². The van der Waals surface area contributed by atoms with Gasteiger partial charge in [-0.3, -0.25) is 9.59 Å². The molecule has 0 saturated carbocycles. The Balaban J connectivity index is 4.38. The van der Waals surface area contributed by atoms with Crippen LogP contribution in [0.4, 0.5) is 0 Å². The molecule has 0 aromatic rings. The fourth-order valence-corrected chi connectivity index (χ4v) is 2.59. The number of rotatable bonds is 15. The Morgan fingerprint density at radius 3 is 1.64 bits per heavy atom. The zero-order valence-electron chi connectivity index (χ0n) is 16.0. The highest BCUT2D eigenvalue weighted by molar-refractivity contribution is 7.81. The van der Waals surface area contributed by atoms with Crippen LogP contribution in [0.1, 0.15) is 91.4 Å². The number of unbranched alkanes of at least 4 members (excludes halogenated alkanes) is 5. The van der Waals surface area contributed by atoms with Crippen molar-refractivity contribution in [2.75, 3.05) is 0 Å². The number of ether oxygens (including phenoxy) is 2. The highest BCUT2D eigenvalue weighted by Gasteiger charge is 2.21. The lowest BCUT2D eigenvalue weighted by molar-refractivity contribution is -0.189. The lowest BCUT2D eigenvalue weighted by Gasteiger charge is -2.20. The summed E-state index contributed by atoms with van der Waals surface area (Å²) in [4.78, 5) is 24.0. The third-order valence-electron chi connectivity index (χ3n) is 4.07. The van der Waals surface area contributed by atoms with Crippen LogP contribution >= 0.6 is 25.3 Å². The van der Waals surface area contributed by atoms with E-state index >= 15 is 0 Å². The fraction of sp³-hybridized carbons (Fsp3) is 0.895. The maximum atomic E-state index is 12.0. The molecule has 0 amide bonds. The van der Waals surface area contributed by atoms with Crippen molar-refractivity contribution in [1.82, 2.24) is 0 Å². The summed E-state index contributed by atoms with van der Waals surface area (Å²) in [5.74, 6) is -0.716. The van der Waals surface area contributed by atoms with E-state index in [0.717, 1.165) is 32.1 Å². The molecule has 6 heteroatoms. The van der Waals surface area contributed by atoms with E-state index in [-0.39, 0.29) is 35.3 Å². The minimum absolute atomic E-state index is 0.0280. The molecule has 25 heavy (non-hydrogen) atoms. The van der Waals surface area contributed by atoms with Gasteiger partial charge in [-0.25, -0.2) is 0 Å². The van der Waals surface area contributed by atoms with Gasteiger partial charge in [0.05, 0.1) is 12.8 Å². The second-order valence-electron chi connectivity index (χ2n) is 6.50. The first kappa shape index (κ1) is 24.6. The number of hydrogen-bond acceptors (Lipinski definition) is 6. The summed E-state index contributed by atoms with van der Waals surface area (Å²) in [5, 5.41) is -0.0559. The van der Waals surface area contributed by atoms with Gasteiger partial charge in [0, 0.05) is 16.9 Å². The summed E-state index contributed by atoms with van der Waals surface area (Å²) < 4.78 is 10.8. The second-order valence-corrected chi connectivity index (χ2v) is 7.96. The van der Waals surface area contributed by atoms with Crippen molar-refractivity contribution in [2.24, 2.45) is 0 Å². The Morgan fingerprint density at radius 2 is 1.20 bits per heavy atom.